The van der Waals surface area contributed by atoms with Crippen LogP contribution < -0.4 is 5.32 Å². The summed E-state index contributed by atoms with van der Waals surface area (Å²) in [6.45, 7) is 6.63. The molecule has 7 heteroatoms. The van der Waals surface area contributed by atoms with E-state index >= 15 is 0 Å². The standard InChI is InChI=1S/C19H25N3O4/c1-14(23)15-3-2-4-17(11-15)20-19(25)16-12-18(24)22(13-16)6-5-21-7-9-26-10-8-21/h2-4,11,16H,5-10,12-13H2,1H3,(H,20,25). The van der Waals surface area contributed by atoms with Crippen LogP contribution in [0.3, 0.4) is 0 Å². The molecule has 7 nitrogen and oxygen atoms in total. The molecule has 0 aromatic heterocycles. The highest BCUT2D eigenvalue weighted by Crippen LogP contribution is 2.20. The van der Waals surface area contributed by atoms with Crippen molar-refractivity contribution >= 4 is 23.3 Å². The van der Waals surface area contributed by atoms with Gasteiger partial charge >= 0.3 is 0 Å². The van der Waals surface area contributed by atoms with E-state index in [0.29, 0.717) is 24.3 Å². The second kappa shape index (κ2) is 8.42. The number of rotatable bonds is 6. The van der Waals surface area contributed by atoms with Gasteiger partial charge in [0, 0.05) is 50.4 Å². The highest BCUT2D eigenvalue weighted by atomic mass is 16.5. The van der Waals surface area contributed by atoms with Crippen molar-refractivity contribution in [1.82, 2.24) is 9.80 Å². The largest absolute Gasteiger partial charge is 0.379 e. The third kappa shape index (κ3) is 4.68. The van der Waals surface area contributed by atoms with Crippen LogP contribution in [-0.4, -0.2) is 73.3 Å². The molecule has 0 spiro atoms. The molecule has 0 aliphatic carbocycles. The maximum atomic E-state index is 12.5. The lowest BCUT2D eigenvalue weighted by atomic mass is 10.1. The number of morpholine rings is 1. The predicted molar refractivity (Wildman–Crippen MR) is 97.0 cm³/mol. The number of hydrogen-bond acceptors (Lipinski definition) is 5. The van der Waals surface area contributed by atoms with E-state index in [1.807, 2.05) is 0 Å². The molecule has 3 rings (SSSR count). The van der Waals surface area contributed by atoms with Gasteiger partial charge in [-0.25, -0.2) is 0 Å². The van der Waals surface area contributed by atoms with Crippen LogP contribution in [0.5, 0.6) is 0 Å². The fourth-order valence-corrected chi connectivity index (χ4v) is 3.31. The molecule has 140 valence electrons. The summed E-state index contributed by atoms with van der Waals surface area (Å²) < 4.78 is 5.32. The van der Waals surface area contributed by atoms with Crippen molar-refractivity contribution < 1.29 is 19.1 Å². The van der Waals surface area contributed by atoms with Crippen LogP contribution in [0.1, 0.15) is 23.7 Å². The van der Waals surface area contributed by atoms with Crippen molar-refractivity contribution in [3.05, 3.63) is 29.8 Å². The van der Waals surface area contributed by atoms with Gasteiger partial charge in [-0.2, -0.15) is 0 Å². The number of nitrogens with zero attached hydrogens (tertiary/aromatic N) is 2. The minimum atomic E-state index is -0.354. The summed E-state index contributed by atoms with van der Waals surface area (Å²) in [5.74, 6) is -0.552. The Morgan fingerprint density at radius 1 is 1.23 bits per heavy atom. The summed E-state index contributed by atoms with van der Waals surface area (Å²) in [7, 11) is 0. The van der Waals surface area contributed by atoms with Crippen LogP contribution >= 0.6 is 0 Å². The first kappa shape index (κ1) is 18.5. The lowest BCUT2D eigenvalue weighted by molar-refractivity contribution is -0.128. The second-order valence-electron chi connectivity index (χ2n) is 6.82. The fraction of sp³-hybridized carbons (Fsp3) is 0.526. The van der Waals surface area contributed by atoms with Crippen LogP contribution in [0, 0.1) is 5.92 Å². The Kier molecular flexibility index (Phi) is 6.00. The zero-order valence-electron chi connectivity index (χ0n) is 15.1. The minimum Gasteiger partial charge on any atom is -0.379 e. The molecule has 1 aromatic carbocycles. The van der Waals surface area contributed by atoms with Crippen molar-refractivity contribution in [2.45, 2.75) is 13.3 Å². The molecule has 2 aliphatic heterocycles. The number of anilines is 1. The van der Waals surface area contributed by atoms with E-state index in [9.17, 15) is 14.4 Å². The van der Waals surface area contributed by atoms with Gasteiger partial charge in [-0.3, -0.25) is 19.3 Å². The number of nitrogens with one attached hydrogen (secondary N) is 1. The molecular weight excluding hydrogens is 334 g/mol. The Bertz CT molecular complexity index is 685. The first-order chi connectivity index (χ1) is 12.5. The average Bonchev–Trinajstić information content (AvgIpc) is 3.02. The van der Waals surface area contributed by atoms with Gasteiger partial charge in [0.15, 0.2) is 5.78 Å². The molecule has 2 saturated heterocycles. The Morgan fingerprint density at radius 3 is 2.73 bits per heavy atom. The Hall–Kier alpha value is -2.25. The molecule has 0 saturated carbocycles. The van der Waals surface area contributed by atoms with Crippen LogP contribution in [0.4, 0.5) is 5.69 Å². The maximum absolute atomic E-state index is 12.5. The molecule has 0 radical (unpaired) electrons. The number of benzene rings is 1. The highest BCUT2D eigenvalue weighted by molar-refractivity contribution is 5.99. The SMILES string of the molecule is CC(=O)c1cccc(NC(=O)C2CC(=O)N(CCN3CCOCC3)C2)c1. The molecule has 2 fully saturated rings. The van der Waals surface area contributed by atoms with Gasteiger partial charge in [0.05, 0.1) is 19.1 Å². The first-order valence-electron chi connectivity index (χ1n) is 9.02. The summed E-state index contributed by atoms with van der Waals surface area (Å²) >= 11 is 0. The van der Waals surface area contributed by atoms with Crippen molar-refractivity contribution in [1.29, 1.82) is 0 Å². The molecule has 1 aromatic rings. The summed E-state index contributed by atoms with van der Waals surface area (Å²) in [5, 5.41) is 2.83. The number of ether oxygens (including phenoxy) is 1. The highest BCUT2D eigenvalue weighted by Gasteiger charge is 2.34. The van der Waals surface area contributed by atoms with Crippen molar-refractivity contribution in [2.75, 3.05) is 51.3 Å². The van der Waals surface area contributed by atoms with Crippen molar-refractivity contribution in [2.24, 2.45) is 5.92 Å². The van der Waals surface area contributed by atoms with Crippen LogP contribution in [0.2, 0.25) is 0 Å². The van der Waals surface area contributed by atoms with Gasteiger partial charge < -0.3 is 15.0 Å². The van der Waals surface area contributed by atoms with Crippen molar-refractivity contribution in [3.63, 3.8) is 0 Å². The van der Waals surface area contributed by atoms with Gasteiger partial charge in [0.2, 0.25) is 11.8 Å². The topological polar surface area (TPSA) is 79.0 Å². The molecular formula is C19H25N3O4. The molecule has 1 unspecified atom stereocenters. The monoisotopic (exact) mass is 359 g/mol. The lowest BCUT2D eigenvalue weighted by Crippen LogP contribution is -2.42. The Labute approximate surface area is 153 Å². The average molecular weight is 359 g/mol. The van der Waals surface area contributed by atoms with Crippen LogP contribution in [-0.2, 0) is 14.3 Å². The predicted octanol–water partition coefficient (Wildman–Crippen LogP) is 1.01. The van der Waals surface area contributed by atoms with E-state index in [2.05, 4.69) is 10.2 Å². The number of carbonyl (C=O) groups is 3. The number of Topliss-reactive ketones (excluding diaryl/α,β-unsaturated/α-hetero) is 1. The Balaban J connectivity index is 1.51. The van der Waals surface area contributed by atoms with E-state index < -0.39 is 0 Å². The normalized spacial score (nSPS) is 21.0. The lowest BCUT2D eigenvalue weighted by Gasteiger charge is -2.28. The molecule has 1 atom stereocenters. The van der Waals surface area contributed by atoms with Gasteiger partial charge in [0.25, 0.3) is 0 Å². The fourth-order valence-electron chi connectivity index (χ4n) is 3.31. The maximum Gasteiger partial charge on any atom is 0.229 e. The van der Waals surface area contributed by atoms with Gasteiger partial charge in [-0.1, -0.05) is 12.1 Å². The van der Waals surface area contributed by atoms with Gasteiger partial charge in [-0.15, -0.1) is 0 Å². The first-order valence-corrected chi connectivity index (χ1v) is 9.02. The third-order valence-electron chi connectivity index (χ3n) is 4.91. The minimum absolute atomic E-state index is 0.0240. The van der Waals surface area contributed by atoms with Crippen LogP contribution in [0.15, 0.2) is 24.3 Å². The molecule has 26 heavy (non-hydrogen) atoms. The zero-order valence-corrected chi connectivity index (χ0v) is 15.1. The second-order valence-corrected chi connectivity index (χ2v) is 6.82. The van der Waals surface area contributed by atoms with E-state index in [0.717, 1.165) is 32.8 Å². The zero-order chi connectivity index (χ0) is 18.5. The quantitative estimate of drug-likeness (QED) is 0.767. The van der Waals surface area contributed by atoms with E-state index in [1.165, 1.54) is 6.92 Å². The smallest absolute Gasteiger partial charge is 0.229 e. The van der Waals surface area contributed by atoms with Crippen LogP contribution in [0.25, 0.3) is 0 Å². The number of ketones is 1. The van der Waals surface area contributed by atoms with Crippen molar-refractivity contribution in [3.8, 4) is 0 Å². The Morgan fingerprint density at radius 2 is 2.00 bits per heavy atom. The third-order valence-corrected chi connectivity index (χ3v) is 4.91. The summed E-state index contributed by atoms with van der Waals surface area (Å²) in [5.41, 5.74) is 1.14. The molecule has 2 heterocycles. The number of hydrogen-bond donors (Lipinski definition) is 1. The molecule has 0 bridgehead atoms. The summed E-state index contributed by atoms with van der Waals surface area (Å²) in [4.78, 5) is 40.2. The van der Waals surface area contributed by atoms with E-state index in [4.69, 9.17) is 4.74 Å². The van der Waals surface area contributed by atoms with Gasteiger partial charge in [0.1, 0.15) is 0 Å². The van der Waals surface area contributed by atoms with E-state index in [1.54, 1.807) is 29.2 Å². The number of amides is 2. The molecule has 1 N–H and O–H groups in total. The summed E-state index contributed by atoms with van der Waals surface area (Å²) in [6.07, 6.45) is 0.237. The summed E-state index contributed by atoms with van der Waals surface area (Å²) in [6, 6.07) is 6.86. The molecule has 2 aliphatic rings. The molecule has 2 amide bonds. The number of carbonyl (C=O) groups excluding carboxylic acids is 3. The van der Waals surface area contributed by atoms with E-state index in [-0.39, 0.29) is 29.9 Å². The van der Waals surface area contributed by atoms with Gasteiger partial charge in [-0.05, 0) is 19.1 Å². The number of likely N-dealkylation sites (tertiary alicyclic amines) is 1.